The lowest BCUT2D eigenvalue weighted by molar-refractivity contribution is -0.137. The molecule has 0 saturated heterocycles. The minimum atomic E-state index is -4.63. The number of benzene rings is 1. The van der Waals surface area contributed by atoms with Gasteiger partial charge in [-0.05, 0) is 18.2 Å². The summed E-state index contributed by atoms with van der Waals surface area (Å²) in [6, 6.07) is 1.82. The molecule has 3 nitrogen and oxygen atoms in total. The molecule has 1 aromatic rings. The zero-order valence-electron chi connectivity index (χ0n) is 7.35. The molecule has 82 valence electrons. The predicted octanol–water partition coefficient (Wildman–Crippen LogP) is 1.75. The smallest absolute Gasteiger partial charge is 0.370 e. The second-order valence-electron chi connectivity index (χ2n) is 2.73. The van der Waals surface area contributed by atoms with Crippen LogP contribution >= 0.6 is 0 Å². The molecule has 0 unspecified atom stereocenters. The van der Waals surface area contributed by atoms with Crippen LogP contribution in [0, 0.1) is 5.82 Å². The summed E-state index contributed by atoms with van der Waals surface area (Å²) in [4.78, 5) is 3.33. The summed E-state index contributed by atoms with van der Waals surface area (Å²) in [5, 5.41) is 0. The van der Waals surface area contributed by atoms with Crippen molar-refractivity contribution in [2.45, 2.75) is 6.18 Å². The Morgan fingerprint density at radius 1 is 1.13 bits per heavy atom. The van der Waals surface area contributed by atoms with E-state index in [1.807, 2.05) is 0 Å². The van der Waals surface area contributed by atoms with E-state index in [0.29, 0.717) is 12.1 Å². The van der Waals surface area contributed by atoms with Gasteiger partial charge in [-0.3, -0.25) is 0 Å². The van der Waals surface area contributed by atoms with Crippen molar-refractivity contribution in [3.05, 3.63) is 29.6 Å². The van der Waals surface area contributed by atoms with E-state index in [9.17, 15) is 17.6 Å². The normalized spacial score (nSPS) is 11.2. The number of aliphatic imine (C=N–C) groups is 1. The van der Waals surface area contributed by atoms with E-state index in [-0.39, 0.29) is 5.69 Å². The summed E-state index contributed by atoms with van der Waals surface area (Å²) in [6.45, 7) is 0. The Morgan fingerprint density at radius 2 is 1.73 bits per heavy atom. The Kier molecular flexibility index (Phi) is 2.83. The van der Waals surface area contributed by atoms with Crippen molar-refractivity contribution < 1.29 is 17.6 Å². The molecule has 0 heterocycles. The summed E-state index contributed by atoms with van der Waals surface area (Å²) in [6.07, 6.45) is -4.63. The fraction of sp³-hybridized carbons (Fsp3) is 0.125. The third-order valence-corrected chi connectivity index (χ3v) is 1.47. The Bertz CT molecular complexity index is 393. The second-order valence-corrected chi connectivity index (χ2v) is 2.73. The van der Waals surface area contributed by atoms with Gasteiger partial charge in [0.1, 0.15) is 5.82 Å². The van der Waals surface area contributed by atoms with E-state index in [1.54, 1.807) is 0 Å². The third-order valence-electron chi connectivity index (χ3n) is 1.47. The van der Waals surface area contributed by atoms with E-state index in [4.69, 9.17) is 11.5 Å². The maximum absolute atomic E-state index is 12.8. The third kappa shape index (κ3) is 3.12. The largest absolute Gasteiger partial charge is 0.416 e. The summed E-state index contributed by atoms with van der Waals surface area (Å²) < 4.78 is 49.4. The molecule has 4 N–H and O–H groups in total. The van der Waals surface area contributed by atoms with Crippen molar-refractivity contribution in [2.75, 3.05) is 0 Å². The van der Waals surface area contributed by atoms with Gasteiger partial charge in [-0.15, -0.1) is 0 Å². The number of nitrogens with two attached hydrogens (primary N) is 2. The Hall–Kier alpha value is -1.79. The molecule has 0 aromatic heterocycles. The monoisotopic (exact) mass is 221 g/mol. The van der Waals surface area contributed by atoms with E-state index in [1.165, 1.54) is 0 Å². The highest BCUT2D eigenvalue weighted by Crippen LogP contribution is 2.32. The number of alkyl halides is 3. The highest BCUT2D eigenvalue weighted by molar-refractivity contribution is 5.79. The van der Waals surface area contributed by atoms with E-state index >= 15 is 0 Å². The van der Waals surface area contributed by atoms with Gasteiger partial charge in [0.2, 0.25) is 0 Å². The quantitative estimate of drug-likeness (QED) is 0.431. The molecule has 0 aliphatic heterocycles. The maximum Gasteiger partial charge on any atom is 0.416 e. The van der Waals surface area contributed by atoms with Crippen LogP contribution in [-0.4, -0.2) is 5.96 Å². The van der Waals surface area contributed by atoms with E-state index in [2.05, 4.69) is 4.99 Å². The molecule has 0 fully saturated rings. The average Bonchev–Trinajstić information content (AvgIpc) is 1.99. The van der Waals surface area contributed by atoms with Crippen LogP contribution in [0.5, 0.6) is 0 Å². The topological polar surface area (TPSA) is 64.4 Å². The van der Waals surface area contributed by atoms with Crippen LogP contribution < -0.4 is 11.5 Å². The molecule has 1 aromatic carbocycles. The first-order valence-electron chi connectivity index (χ1n) is 3.76. The van der Waals surface area contributed by atoms with Gasteiger partial charge in [0.25, 0.3) is 0 Å². The number of hydrogen-bond acceptors (Lipinski definition) is 1. The van der Waals surface area contributed by atoms with Crippen molar-refractivity contribution >= 4 is 11.6 Å². The zero-order valence-corrected chi connectivity index (χ0v) is 7.35. The molecule has 0 amide bonds. The van der Waals surface area contributed by atoms with Crippen molar-refractivity contribution in [2.24, 2.45) is 16.5 Å². The van der Waals surface area contributed by atoms with Crippen LogP contribution in [0.1, 0.15) is 5.56 Å². The van der Waals surface area contributed by atoms with Gasteiger partial charge in [-0.25, -0.2) is 9.38 Å². The molecular formula is C8H7F4N3. The van der Waals surface area contributed by atoms with Crippen LogP contribution in [0.15, 0.2) is 23.2 Å². The highest BCUT2D eigenvalue weighted by atomic mass is 19.4. The Labute approximate surface area is 82.4 Å². The fourth-order valence-corrected chi connectivity index (χ4v) is 0.951. The SMILES string of the molecule is NC(N)=Nc1cc(F)cc(C(F)(F)F)c1. The number of halogens is 4. The number of nitrogens with zero attached hydrogens (tertiary/aromatic N) is 1. The second kappa shape index (κ2) is 3.76. The van der Waals surface area contributed by atoms with Gasteiger partial charge in [0.15, 0.2) is 5.96 Å². The van der Waals surface area contributed by atoms with Crippen LogP contribution in [-0.2, 0) is 6.18 Å². The minimum absolute atomic E-state index is 0.276. The van der Waals surface area contributed by atoms with Gasteiger partial charge >= 0.3 is 6.18 Å². The predicted molar refractivity (Wildman–Crippen MR) is 46.9 cm³/mol. The van der Waals surface area contributed by atoms with Crippen LogP contribution in [0.4, 0.5) is 23.2 Å². The molecule has 0 radical (unpaired) electrons. The molecule has 0 saturated carbocycles. The van der Waals surface area contributed by atoms with Gasteiger partial charge < -0.3 is 11.5 Å². The van der Waals surface area contributed by atoms with Crippen molar-refractivity contribution in [1.29, 1.82) is 0 Å². The molecule has 1 rings (SSSR count). The number of rotatable bonds is 1. The molecule has 7 heteroatoms. The average molecular weight is 221 g/mol. The Morgan fingerprint density at radius 3 is 2.20 bits per heavy atom. The highest BCUT2D eigenvalue weighted by Gasteiger charge is 2.31. The molecule has 0 spiro atoms. The summed E-state index contributed by atoms with van der Waals surface area (Å²) in [7, 11) is 0. The number of guanidine groups is 1. The Balaban J connectivity index is 3.23. The lowest BCUT2D eigenvalue weighted by Crippen LogP contribution is -2.22. The zero-order chi connectivity index (χ0) is 11.6. The van der Waals surface area contributed by atoms with Crippen molar-refractivity contribution in [3.63, 3.8) is 0 Å². The molecule has 0 atom stereocenters. The van der Waals surface area contributed by atoms with Crippen LogP contribution in [0.25, 0.3) is 0 Å². The van der Waals surface area contributed by atoms with Gasteiger partial charge in [0.05, 0.1) is 11.3 Å². The van der Waals surface area contributed by atoms with Crippen molar-refractivity contribution in [1.82, 2.24) is 0 Å². The van der Waals surface area contributed by atoms with Gasteiger partial charge in [-0.1, -0.05) is 0 Å². The van der Waals surface area contributed by atoms with Gasteiger partial charge in [-0.2, -0.15) is 13.2 Å². The number of hydrogen-bond donors (Lipinski definition) is 2. The maximum atomic E-state index is 12.8. The standard InChI is InChI=1S/C8H7F4N3/c9-5-1-4(8(10,11)12)2-6(3-5)15-7(13)14/h1-3H,(H4,13,14,15). The molecule has 15 heavy (non-hydrogen) atoms. The molecule has 0 aliphatic rings. The van der Waals surface area contributed by atoms with Crippen molar-refractivity contribution in [3.8, 4) is 0 Å². The summed E-state index contributed by atoms with van der Waals surface area (Å²) in [5.74, 6) is -1.49. The lowest BCUT2D eigenvalue weighted by atomic mass is 10.2. The first kappa shape index (κ1) is 11.3. The molecule has 0 aliphatic carbocycles. The summed E-state index contributed by atoms with van der Waals surface area (Å²) >= 11 is 0. The summed E-state index contributed by atoms with van der Waals surface area (Å²) in [5.41, 5.74) is 8.50. The van der Waals surface area contributed by atoms with E-state index < -0.39 is 23.5 Å². The first-order valence-corrected chi connectivity index (χ1v) is 3.76. The van der Waals surface area contributed by atoms with Gasteiger partial charge in [0, 0.05) is 0 Å². The first-order chi connectivity index (χ1) is 6.79. The fourth-order valence-electron chi connectivity index (χ4n) is 0.951. The molecular weight excluding hydrogens is 214 g/mol. The van der Waals surface area contributed by atoms with Crippen LogP contribution in [0.3, 0.4) is 0 Å². The van der Waals surface area contributed by atoms with E-state index in [0.717, 1.165) is 6.07 Å². The van der Waals surface area contributed by atoms with Crippen LogP contribution in [0.2, 0.25) is 0 Å². The lowest BCUT2D eigenvalue weighted by Gasteiger charge is -2.07. The minimum Gasteiger partial charge on any atom is -0.370 e. The molecule has 0 bridgehead atoms.